The van der Waals surface area contributed by atoms with E-state index in [1.165, 1.54) is 0 Å². The quantitative estimate of drug-likeness (QED) is 0.628. The number of halogens is 1. The molecule has 0 aliphatic heterocycles. The van der Waals surface area contributed by atoms with Crippen molar-refractivity contribution in [1.29, 1.82) is 0 Å². The van der Waals surface area contributed by atoms with Crippen molar-refractivity contribution in [3.63, 3.8) is 0 Å². The summed E-state index contributed by atoms with van der Waals surface area (Å²) in [5.41, 5.74) is 5.46. The Morgan fingerprint density at radius 2 is 2.12 bits per heavy atom. The van der Waals surface area contributed by atoms with Crippen LogP contribution in [0.1, 0.15) is 13.3 Å². The molecule has 0 unspecified atom stereocenters. The Kier molecular flexibility index (Phi) is 9.97. The molecule has 0 aromatic heterocycles. The van der Waals surface area contributed by atoms with E-state index in [-0.39, 0.29) is 18.4 Å². The molecule has 0 bridgehead atoms. The molecule has 0 aliphatic rings. The van der Waals surface area contributed by atoms with E-state index in [2.05, 4.69) is 0 Å². The molecule has 52 valence electrons. The van der Waals surface area contributed by atoms with Crippen LogP contribution in [-0.2, 0) is 4.74 Å². The second-order valence-corrected chi connectivity index (χ2v) is 1.62. The third-order valence-electron chi connectivity index (χ3n) is 0.905. The van der Waals surface area contributed by atoms with Gasteiger partial charge in [-0.15, -0.1) is 12.4 Å². The molecule has 0 saturated carbocycles. The fourth-order valence-corrected chi connectivity index (χ4v) is 0.332. The zero-order valence-corrected chi connectivity index (χ0v) is 6.20. The summed E-state index contributed by atoms with van der Waals surface area (Å²) in [4.78, 5) is 0. The zero-order valence-electron chi connectivity index (χ0n) is 5.39. The van der Waals surface area contributed by atoms with Crippen molar-refractivity contribution in [2.24, 2.45) is 5.73 Å². The average Bonchev–Trinajstić information content (AvgIpc) is 1.68. The number of ether oxygens (including phenoxy) is 1. The van der Waals surface area contributed by atoms with Gasteiger partial charge < -0.3 is 10.5 Å². The van der Waals surface area contributed by atoms with Crippen molar-refractivity contribution < 1.29 is 4.74 Å². The van der Waals surface area contributed by atoms with Gasteiger partial charge >= 0.3 is 0 Å². The molecule has 0 aromatic rings. The predicted molar refractivity (Wildman–Crippen MR) is 37.4 cm³/mol. The lowest BCUT2D eigenvalue weighted by atomic mass is 10.3. The first-order valence-corrected chi connectivity index (χ1v) is 2.55. The summed E-state index contributed by atoms with van der Waals surface area (Å²) in [5, 5.41) is 0. The first-order chi connectivity index (χ1) is 3.31. The van der Waals surface area contributed by atoms with E-state index in [4.69, 9.17) is 10.5 Å². The van der Waals surface area contributed by atoms with Gasteiger partial charge in [-0.25, -0.2) is 0 Å². The maximum absolute atomic E-state index is 5.46. The molecular weight excluding hydrogens is 126 g/mol. The zero-order chi connectivity index (χ0) is 5.70. The maximum Gasteiger partial charge on any atom is 0.0613 e. The summed E-state index contributed by atoms with van der Waals surface area (Å²) >= 11 is 0. The van der Waals surface area contributed by atoms with E-state index in [0.29, 0.717) is 6.61 Å². The van der Waals surface area contributed by atoms with Crippen molar-refractivity contribution >= 4 is 12.4 Å². The van der Waals surface area contributed by atoms with E-state index >= 15 is 0 Å². The van der Waals surface area contributed by atoms with Crippen LogP contribution >= 0.6 is 12.4 Å². The molecular formula is C5H14ClNO. The van der Waals surface area contributed by atoms with Crippen LogP contribution in [0.3, 0.4) is 0 Å². The van der Waals surface area contributed by atoms with Crippen LogP contribution in [0.15, 0.2) is 0 Å². The minimum atomic E-state index is 0. The molecule has 0 fully saturated rings. The maximum atomic E-state index is 5.46. The van der Waals surface area contributed by atoms with Crippen LogP contribution in [-0.4, -0.2) is 19.8 Å². The van der Waals surface area contributed by atoms with Gasteiger partial charge in [-0.2, -0.15) is 0 Å². The molecule has 0 spiro atoms. The second kappa shape index (κ2) is 7.21. The van der Waals surface area contributed by atoms with Crippen molar-refractivity contribution in [2.75, 3.05) is 13.7 Å². The van der Waals surface area contributed by atoms with Gasteiger partial charge in [-0.1, -0.05) is 6.92 Å². The van der Waals surface area contributed by atoms with Crippen molar-refractivity contribution in [3.8, 4) is 0 Å². The van der Waals surface area contributed by atoms with E-state index in [1.807, 2.05) is 6.92 Å². The smallest absolute Gasteiger partial charge is 0.0613 e. The van der Waals surface area contributed by atoms with E-state index < -0.39 is 0 Å². The van der Waals surface area contributed by atoms with Crippen LogP contribution in [0.4, 0.5) is 0 Å². The highest BCUT2D eigenvalue weighted by atomic mass is 35.5. The monoisotopic (exact) mass is 139 g/mol. The van der Waals surface area contributed by atoms with Crippen LogP contribution in [0.2, 0.25) is 0 Å². The summed E-state index contributed by atoms with van der Waals surface area (Å²) in [6, 6.07) is 0.227. The van der Waals surface area contributed by atoms with Crippen molar-refractivity contribution in [3.05, 3.63) is 0 Å². The number of hydrogen-bond donors (Lipinski definition) is 1. The Morgan fingerprint density at radius 3 is 2.25 bits per heavy atom. The van der Waals surface area contributed by atoms with Gasteiger partial charge in [0.2, 0.25) is 0 Å². The van der Waals surface area contributed by atoms with Crippen LogP contribution in [0, 0.1) is 0 Å². The number of nitrogens with two attached hydrogens (primary N) is 1. The Morgan fingerprint density at radius 1 is 1.62 bits per heavy atom. The summed E-state index contributed by atoms with van der Waals surface area (Å²) in [6.07, 6.45) is 0.994. The molecule has 0 aromatic carbocycles. The first kappa shape index (κ1) is 11.1. The Bertz CT molecular complexity index is 43.4. The highest BCUT2D eigenvalue weighted by Gasteiger charge is 1.93. The van der Waals surface area contributed by atoms with Crippen molar-refractivity contribution in [2.45, 2.75) is 19.4 Å². The minimum Gasteiger partial charge on any atom is -0.383 e. The van der Waals surface area contributed by atoms with Crippen LogP contribution in [0.5, 0.6) is 0 Å². The molecule has 1 atom stereocenters. The largest absolute Gasteiger partial charge is 0.383 e. The molecule has 0 rings (SSSR count). The Labute approximate surface area is 56.8 Å². The first-order valence-electron chi connectivity index (χ1n) is 2.55. The number of methoxy groups -OCH3 is 1. The third kappa shape index (κ3) is 6.21. The standard InChI is InChI=1S/C5H13NO.ClH/c1-3-5(6)4-7-2;/h5H,3-4,6H2,1-2H3;1H/t5-;/m1./s1. The van der Waals surface area contributed by atoms with E-state index in [0.717, 1.165) is 6.42 Å². The molecule has 0 radical (unpaired) electrons. The molecule has 2 nitrogen and oxygen atoms in total. The predicted octanol–water partition coefficient (Wildman–Crippen LogP) is 0.792. The molecule has 2 N–H and O–H groups in total. The molecule has 0 heterocycles. The summed E-state index contributed by atoms with van der Waals surface area (Å²) in [6.45, 7) is 2.72. The molecule has 3 heteroatoms. The number of rotatable bonds is 3. The van der Waals surface area contributed by atoms with Gasteiger partial charge in [-0.05, 0) is 6.42 Å². The van der Waals surface area contributed by atoms with E-state index in [1.54, 1.807) is 7.11 Å². The Hall–Kier alpha value is 0.210. The lowest BCUT2D eigenvalue weighted by Gasteiger charge is -2.03. The molecule has 0 aliphatic carbocycles. The number of hydrogen-bond acceptors (Lipinski definition) is 2. The minimum absolute atomic E-state index is 0. The third-order valence-corrected chi connectivity index (χ3v) is 0.905. The van der Waals surface area contributed by atoms with Crippen molar-refractivity contribution in [1.82, 2.24) is 0 Å². The van der Waals surface area contributed by atoms with Gasteiger partial charge in [0.25, 0.3) is 0 Å². The van der Waals surface area contributed by atoms with Gasteiger partial charge in [0.15, 0.2) is 0 Å². The Balaban J connectivity index is 0. The fourth-order valence-electron chi connectivity index (χ4n) is 0.332. The van der Waals surface area contributed by atoms with Gasteiger partial charge in [0.05, 0.1) is 6.61 Å². The van der Waals surface area contributed by atoms with Gasteiger partial charge in [0.1, 0.15) is 0 Å². The highest BCUT2D eigenvalue weighted by molar-refractivity contribution is 5.85. The second-order valence-electron chi connectivity index (χ2n) is 1.62. The van der Waals surface area contributed by atoms with Crippen LogP contribution in [0.25, 0.3) is 0 Å². The molecule has 0 saturated heterocycles. The van der Waals surface area contributed by atoms with Crippen LogP contribution < -0.4 is 5.73 Å². The summed E-state index contributed by atoms with van der Waals surface area (Å²) in [5.74, 6) is 0. The highest BCUT2D eigenvalue weighted by Crippen LogP contribution is 1.83. The van der Waals surface area contributed by atoms with E-state index in [9.17, 15) is 0 Å². The molecule has 0 amide bonds. The SMILES string of the molecule is CC[C@@H](N)COC.Cl. The normalized spacial score (nSPS) is 12.4. The summed E-state index contributed by atoms with van der Waals surface area (Å²) in [7, 11) is 1.66. The lowest BCUT2D eigenvalue weighted by Crippen LogP contribution is -2.23. The topological polar surface area (TPSA) is 35.2 Å². The summed E-state index contributed by atoms with van der Waals surface area (Å²) < 4.78 is 4.77. The average molecular weight is 140 g/mol. The fraction of sp³-hybridized carbons (Fsp3) is 1.00. The lowest BCUT2D eigenvalue weighted by molar-refractivity contribution is 0.179. The van der Waals surface area contributed by atoms with Gasteiger partial charge in [-0.3, -0.25) is 0 Å². The van der Waals surface area contributed by atoms with Gasteiger partial charge in [0, 0.05) is 13.2 Å². The molecule has 8 heavy (non-hydrogen) atoms.